The van der Waals surface area contributed by atoms with E-state index in [0.29, 0.717) is 22.5 Å². The topological polar surface area (TPSA) is 69.1 Å². The molecule has 0 amide bonds. The number of benzene rings is 1. The summed E-state index contributed by atoms with van der Waals surface area (Å²) >= 11 is 0. The van der Waals surface area contributed by atoms with Crippen LogP contribution in [0.5, 0.6) is 0 Å². The Bertz CT molecular complexity index is 473. The van der Waals surface area contributed by atoms with E-state index in [1.807, 2.05) is 0 Å². The van der Waals surface area contributed by atoms with Gasteiger partial charge in [-0.15, -0.1) is 0 Å². The molecule has 1 aromatic rings. The first-order chi connectivity index (χ1) is 7.60. The lowest BCUT2D eigenvalue weighted by atomic mass is 10.0. The minimum atomic E-state index is -0.151. The van der Waals surface area contributed by atoms with Crippen molar-refractivity contribution in [2.45, 2.75) is 0 Å². The summed E-state index contributed by atoms with van der Waals surface area (Å²) in [5.41, 5.74) is 13.0. The third kappa shape index (κ3) is 2.39. The number of carbonyl (C=O) groups excluding carboxylic acids is 1. The lowest BCUT2D eigenvalue weighted by Gasteiger charge is -2.04. The highest BCUT2D eigenvalue weighted by atomic mass is 16.1. The zero-order valence-electron chi connectivity index (χ0n) is 8.94. The highest BCUT2D eigenvalue weighted by molar-refractivity contribution is 6.11. The van der Waals surface area contributed by atoms with Gasteiger partial charge in [0.1, 0.15) is 0 Å². The Balaban J connectivity index is 3.14. The van der Waals surface area contributed by atoms with Crippen molar-refractivity contribution in [1.82, 2.24) is 0 Å². The van der Waals surface area contributed by atoms with E-state index >= 15 is 0 Å². The zero-order valence-corrected chi connectivity index (χ0v) is 8.94. The third-order valence-corrected chi connectivity index (χ3v) is 2.13. The van der Waals surface area contributed by atoms with Gasteiger partial charge in [0.05, 0.1) is 11.4 Å². The maximum atomic E-state index is 11.9. The molecule has 0 unspecified atom stereocenters. The average molecular weight is 214 g/mol. The van der Waals surface area contributed by atoms with Crippen LogP contribution in [-0.4, -0.2) is 5.78 Å². The van der Waals surface area contributed by atoms with Crippen LogP contribution >= 0.6 is 0 Å². The fourth-order valence-electron chi connectivity index (χ4n) is 1.25. The molecular weight excluding hydrogens is 200 g/mol. The molecule has 82 valence electrons. The van der Waals surface area contributed by atoms with E-state index in [1.165, 1.54) is 12.2 Å². The second kappa shape index (κ2) is 4.98. The van der Waals surface area contributed by atoms with Gasteiger partial charge < -0.3 is 11.5 Å². The van der Waals surface area contributed by atoms with Crippen molar-refractivity contribution in [1.29, 1.82) is 0 Å². The molecule has 0 aliphatic heterocycles. The molecule has 0 bridgehead atoms. The number of nitrogen functional groups attached to an aromatic ring is 2. The van der Waals surface area contributed by atoms with E-state index in [9.17, 15) is 4.79 Å². The van der Waals surface area contributed by atoms with Crippen LogP contribution in [0.1, 0.15) is 10.4 Å². The molecule has 3 nitrogen and oxygen atoms in total. The standard InChI is InChI=1S/C13H14N2O/c1-3-5-9(4-2)13(16)10-6-7-11(14)12(15)8-10/h3-8H,1-2,14-15H2/b9-5+. The number of rotatable bonds is 4. The van der Waals surface area contributed by atoms with Crippen LogP contribution in [0.25, 0.3) is 0 Å². The molecule has 4 N–H and O–H groups in total. The van der Waals surface area contributed by atoms with Gasteiger partial charge in [0.15, 0.2) is 5.78 Å². The maximum absolute atomic E-state index is 11.9. The largest absolute Gasteiger partial charge is 0.397 e. The lowest BCUT2D eigenvalue weighted by molar-refractivity contribution is 0.103. The van der Waals surface area contributed by atoms with Gasteiger partial charge in [-0.3, -0.25) is 4.79 Å². The average Bonchev–Trinajstić information content (AvgIpc) is 2.28. The monoisotopic (exact) mass is 214 g/mol. The van der Waals surface area contributed by atoms with E-state index < -0.39 is 0 Å². The molecule has 0 aliphatic rings. The van der Waals surface area contributed by atoms with Crippen LogP contribution in [0.2, 0.25) is 0 Å². The third-order valence-electron chi connectivity index (χ3n) is 2.13. The summed E-state index contributed by atoms with van der Waals surface area (Å²) in [5.74, 6) is -0.151. The molecular formula is C13H14N2O. The number of ketones is 1. The first kappa shape index (κ1) is 11.8. The number of hydrogen-bond acceptors (Lipinski definition) is 3. The normalized spacial score (nSPS) is 10.9. The van der Waals surface area contributed by atoms with Crippen molar-refractivity contribution in [2.24, 2.45) is 0 Å². The molecule has 3 heteroatoms. The maximum Gasteiger partial charge on any atom is 0.193 e. The summed E-state index contributed by atoms with van der Waals surface area (Å²) in [7, 11) is 0. The highest BCUT2D eigenvalue weighted by Gasteiger charge is 2.09. The van der Waals surface area contributed by atoms with E-state index in [2.05, 4.69) is 13.2 Å². The summed E-state index contributed by atoms with van der Waals surface area (Å²) < 4.78 is 0. The first-order valence-electron chi connectivity index (χ1n) is 4.75. The van der Waals surface area contributed by atoms with E-state index in [1.54, 1.807) is 24.3 Å². The number of Topliss-reactive ketones (excluding diaryl/α,β-unsaturated/α-hetero) is 1. The Kier molecular flexibility index (Phi) is 3.67. The number of allylic oxidation sites excluding steroid dienone is 4. The van der Waals surface area contributed by atoms with Crippen LogP contribution in [0.3, 0.4) is 0 Å². The zero-order chi connectivity index (χ0) is 12.1. The van der Waals surface area contributed by atoms with Crippen LogP contribution in [0, 0.1) is 0 Å². The molecule has 0 aromatic heterocycles. The molecule has 0 heterocycles. The summed E-state index contributed by atoms with van der Waals surface area (Å²) in [4.78, 5) is 11.9. The molecule has 16 heavy (non-hydrogen) atoms. The molecule has 0 aliphatic carbocycles. The van der Waals surface area contributed by atoms with E-state index in [0.717, 1.165) is 0 Å². The van der Waals surface area contributed by atoms with Crippen LogP contribution in [0.15, 0.2) is 55.2 Å². The summed E-state index contributed by atoms with van der Waals surface area (Å²) in [6, 6.07) is 4.80. The summed E-state index contributed by atoms with van der Waals surface area (Å²) in [6.07, 6.45) is 4.62. The molecule has 0 spiro atoms. The molecule has 0 radical (unpaired) electrons. The Morgan fingerprint density at radius 1 is 1.19 bits per heavy atom. The molecule has 0 fully saturated rings. The number of hydrogen-bond donors (Lipinski definition) is 2. The predicted molar refractivity (Wildman–Crippen MR) is 68.1 cm³/mol. The van der Waals surface area contributed by atoms with Crippen molar-refractivity contribution in [3.63, 3.8) is 0 Å². The lowest BCUT2D eigenvalue weighted by Crippen LogP contribution is -2.03. The quantitative estimate of drug-likeness (QED) is 0.350. The highest BCUT2D eigenvalue weighted by Crippen LogP contribution is 2.18. The minimum absolute atomic E-state index is 0.151. The van der Waals surface area contributed by atoms with Crippen molar-refractivity contribution in [3.8, 4) is 0 Å². The van der Waals surface area contributed by atoms with E-state index in [-0.39, 0.29) is 5.78 Å². The summed E-state index contributed by atoms with van der Waals surface area (Å²) in [6.45, 7) is 7.11. The van der Waals surface area contributed by atoms with Gasteiger partial charge in [-0.25, -0.2) is 0 Å². The van der Waals surface area contributed by atoms with Gasteiger partial charge in [-0.05, 0) is 18.2 Å². The smallest absolute Gasteiger partial charge is 0.193 e. The molecule has 1 rings (SSSR count). The van der Waals surface area contributed by atoms with Gasteiger partial charge in [0.25, 0.3) is 0 Å². The van der Waals surface area contributed by atoms with Gasteiger partial charge in [0.2, 0.25) is 0 Å². The van der Waals surface area contributed by atoms with Gasteiger partial charge in [0, 0.05) is 11.1 Å². The number of carbonyl (C=O) groups is 1. The second-order valence-electron chi connectivity index (χ2n) is 3.23. The molecule has 0 atom stereocenters. The van der Waals surface area contributed by atoms with Gasteiger partial charge in [-0.2, -0.15) is 0 Å². The number of nitrogens with two attached hydrogens (primary N) is 2. The molecule has 0 saturated heterocycles. The second-order valence-corrected chi connectivity index (χ2v) is 3.23. The van der Waals surface area contributed by atoms with E-state index in [4.69, 9.17) is 11.5 Å². The SMILES string of the molecule is C=C/C=C(\C=C)C(=O)c1ccc(N)c(N)c1. The van der Waals surface area contributed by atoms with Crippen LogP contribution in [-0.2, 0) is 0 Å². The number of anilines is 2. The Hall–Kier alpha value is -2.29. The Labute approximate surface area is 94.8 Å². The summed E-state index contributed by atoms with van der Waals surface area (Å²) in [5, 5.41) is 0. The van der Waals surface area contributed by atoms with Gasteiger partial charge >= 0.3 is 0 Å². The Morgan fingerprint density at radius 2 is 1.88 bits per heavy atom. The van der Waals surface area contributed by atoms with Crippen molar-refractivity contribution < 1.29 is 4.79 Å². The van der Waals surface area contributed by atoms with Gasteiger partial charge in [-0.1, -0.05) is 31.4 Å². The first-order valence-corrected chi connectivity index (χ1v) is 4.75. The predicted octanol–water partition coefficient (Wildman–Crippen LogP) is 2.33. The van der Waals surface area contributed by atoms with Crippen molar-refractivity contribution >= 4 is 17.2 Å². The minimum Gasteiger partial charge on any atom is -0.397 e. The van der Waals surface area contributed by atoms with Crippen LogP contribution in [0.4, 0.5) is 11.4 Å². The fourth-order valence-corrected chi connectivity index (χ4v) is 1.25. The molecule has 0 saturated carbocycles. The Morgan fingerprint density at radius 3 is 2.38 bits per heavy atom. The fraction of sp³-hybridized carbons (Fsp3) is 0. The molecule has 1 aromatic carbocycles. The van der Waals surface area contributed by atoms with Crippen LogP contribution < -0.4 is 11.5 Å². The van der Waals surface area contributed by atoms with Crippen molar-refractivity contribution in [3.05, 3.63) is 60.7 Å². The van der Waals surface area contributed by atoms with Crippen molar-refractivity contribution in [2.75, 3.05) is 11.5 Å².